The van der Waals surface area contributed by atoms with Crippen LogP contribution in [0.15, 0.2) is 0 Å². The molecule has 1 saturated carbocycles. The highest BCUT2D eigenvalue weighted by molar-refractivity contribution is 7.79. The Balaban J connectivity index is 2.44. The molecular formula is C9H18O3S. The van der Waals surface area contributed by atoms with Gasteiger partial charge in [-0.25, -0.2) is 4.21 Å². The maximum atomic E-state index is 10.7. The summed E-state index contributed by atoms with van der Waals surface area (Å²) < 4.78 is 19.6. The number of hydrogen-bond acceptors (Lipinski definition) is 2. The second-order valence-corrected chi connectivity index (χ2v) is 5.17. The van der Waals surface area contributed by atoms with Crippen molar-refractivity contribution in [1.29, 1.82) is 0 Å². The van der Waals surface area contributed by atoms with Crippen molar-refractivity contribution in [3.8, 4) is 0 Å². The van der Waals surface area contributed by atoms with E-state index in [1.54, 1.807) is 6.92 Å². The van der Waals surface area contributed by atoms with Crippen molar-refractivity contribution >= 4 is 11.1 Å². The van der Waals surface area contributed by atoms with E-state index in [2.05, 4.69) is 0 Å². The third-order valence-corrected chi connectivity index (χ3v) is 3.85. The summed E-state index contributed by atoms with van der Waals surface area (Å²) in [7, 11) is 0. The van der Waals surface area contributed by atoms with Crippen LogP contribution in [0.1, 0.15) is 39.0 Å². The van der Waals surface area contributed by atoms with E-state index in [4.69, 9.17) is 4.55 Å². The summed E-state index contributed by atoms with van der Waals surface area (Å²) in [5, 5.41) is 9.25. The summed E-state index contributed by atoms with van der Waals surface area (Å²) in [4.78, 5) is 0. The van der Waals surface area contributed by atoms with Gasteiger partial charge in [0.1, 0.15) is 0 Å². The van der Waals surface area contributed by atoms with Gasteiger partial charge >= 0.3 is 0 Å². The lowest BCUT2D eigenvalue weighted by Gasteiger charge is -2.28. The van der Waals surface area contributed by atoms with Crippen LogP contribution >= 0.6 is 0 Å². The summed E-state index contributed by atoms with van der Waals surface area (Å²) in [6.07, 6.45) is 4.93. The molecule has 0 bridgehead atoms. The van der Waals surface area contributed by atoms with E-state index in [0.717, 1.165) is 25.7 Å². The molecular weight excluding hydrogens is 188 g/mol. The van der Waals surface area contributed by atoms with Gasteiger partial charge in [0.15, 0.2) is 11.1 Å². The summed E-state index contributed by atoms with van der Waals surface area (Å²) in [5.41, 5.74) is 0. The Morgan fingerprint density at radius 1 is 1.31 bits per heavy atom. The van der Waals surface area contributed by atoms with Gasteiger partial charge in [-0.3, -0.25) is 0 Å². The van der Waals surface area contributed by atoms with E-state index < -0.39 is 22.4 Å². The van der Waals surface area contributed by atoms with Gasteiger partial charge in [-0.2, -0.15) is 0 Å². The van der Waals surface area contributed by atoms with Crippen LogP contribution in [-0.4, -0.2) is 25.2 Å². The topological polar surface area (TPSA) is 57.5 Å². The van der Waals surface area contributed by atoms with Crippen LogP contribution in [0.3, 0.4) is 0 Å². The van der Waals surface area contributed by atoms with Crippen LogP contribution in [0, 0.1) is 5.92 Å². The van der Waals surface area contributed by atoms with Gasteiger partial charge in [-0.15, -0.1) is 0 Å². The molecule has 1 unspecified atom stereocenters. The Bertz CT molecular complexity index is 178. The highest BCUT2D eigenvalue weighted by Gasteiger charge is 2.28. The molecule has 0 radical (unpaired) electrons. The lowest BCUT2D eigenvalue weighted by Crippen LogP contribution is -2.35. The molecule has 1 aliphatic carbocycles. The van der Waals surface area contributed by atoms with E-state index in [1.807, 2.05) is 0 Å². The molecule has 13 heavy (non-hydrogen) atoms. The molecule has 0 heterocycles. The molecule has 0 aromatic rings. The van der Waals surface area contributed by atoms with Crippen molar-refractivity contribution in [3.63, 3.8) is 0 Å². The average molecular weight is 206 g/mol. The maximum Gasteiger partial charge on any atom is 0.158 e. The molecule has 3 atom stereocenters. The van der Waals surface area contributed by atoms with Gasteiger partial charge in [0.2, 0.25) is 0 Å². The third-order valence-electron chi connectivity index (χ3n) is 2.93. The molecule has 0 aliphatic heterocycles. The molecule has 1 aliphatic rings. The molecule has 0 saturated heterocycles. The predicted octanol–water partition coefficient (Wildman–Crippen LogP) is 1.54. The van der Waals surface area contributed by atoms with Crippen molar-refractivity contribution in [2.24, 2.45) is 5.92 Å². The van der Waals surface area contributed by atoms with Crippen molar-refractivity contribution < 1.29 is 13.9 Å². The fourth-order valence-electron chi connectivity index (χ4n) is 1.98. The Hall–Kier alpha value is 0.0700. The van der Waals surface area contributed by atoms with E-state index in [0.29, 0.717) is 0 Å². The van der Waals surface area contributed by atoms with Crippen LogP contribution in [-0.2, 0) is 11.1 Å². The summed E-state index contributed by atoms with van der Waals surface area (Å²) in [5.74, 6) is 0.236. The summed E-state index contributed by atoms with van der Waals surface area (Å²) >= 11 is -1.89. The van der Waals surface area contributed by atoms with E-state index in [1.165, 1.54) is 6.42 Å². The zero-order valence-electron chi connectivity index (χ0n) is 7.98. The van der Waals surface area contributed by atoms with Crippen LogP contribution < -0.4 is 0 Å². The van der Waals surface area contributed by atoms with Gasteiger partial charge in [-0.05, 0) is 25.7 Å². The Kier molecular flexibility index (Phi) is 4.35. The van der Waals surface area contributed by atoms with E-state index in [-0.39, 0.29) is 5.92 Å². The smallest absolute Gasteiger partial charge is 0.158 e. The highest BCUT2D eigenvalue weighted by Crippen LogP contribution is 2.28. The minimum absolute atomic E-state index is 0.236. The molecule has 4 heteroatoms. The minimum Gasteiger partial charge on any atom is -0.392 e. The largest absolute Gasteiger partial charge is 0.392 e. The van der Waals surface area contributed by atoms with Crippen molar-refractivity contribution in [1.82, 2.24) is 0 Å². The molecule has 0 aromatic carbocycles. The molecule has 0 aromatic heterocycles. The predicted molar refractivity (Wildman–Crippen MR) is 52.8 cm³/mol. The lowest BCUT2D eigenvalue weighted by molar-refractivity contribution is 0.0836. The first-order chi connectivity index (χ1) is 6.13. The van der Waals surface area contributed by atoms with Crippen molar-refractivity contribution in [2.45, 2.75) is 50.4 Å². The monoisotopic (exact) mass is 206 g/mol. The first-order valence-corrected chi connectivity index (χ1v) is 6.07. The van der Waals surface area contributed by atoms with Gasteiger partial charge < -0.3 is 9.66 Å². The molecule has 78 valence electrons. The minimum atomic E-state index is -1.89. The van der Waals surface area contributed by atoms with Crippen LogP contribution in [0.2, 0.25) is 0 Å². The molecule has 0 spiro atoms. The SMILES string of the molecule is C[C@H]([C@@H](O)C1CCCCC1)S(=O)O. The Morgan fingerprint density at radius 3 is 2.31 bits per heavy atom. The second-order valence-electron chi connectivity index (χ2n) is 3.87. The fraction of sp³-hybridized carbons (Fsp3) is 1.00. The van der Waals surface area contributed by atoms with E-state index >= 15 is 0 Å². The summed E-state index contributed by atoms with van der Waals surface area (Å²) in [6.45, 7) is 1.63. The van der Waals surface area contributed by atoms with Crippen LogP contribution in [0.5, 0.6) is 0 Å². The maximum absolute atomic E-state index is 10.7. The number of hydrogen-bond donors (Lipinski definition) is 2. The molecule has 1 rings (SSSR count). The van der Waals surface area contributed by atoms with Gasteiger partial charge in [0.05, 0.1) is 11.4 Å². The molecule has 2 N–H and O–H groups in total. The van der Waals surface area contributed by atoms with Crippen molar-refractivity contribution in [3.05, 3.63) is 0 Å². The average Bonchev–Trinajstić information content (AvgIpc) is 2.17. The molecule has 1 fully saturated rings. The highest BCUT2D eigenvalue weighted by atomic mass is 32.2. The van der Waals surface area contributed by atoms with Gasteiger partial charge in [-0.1, -0.05) is 19.3 Å². The fourth-order valence-corrected chi connectivity index (χ4v) is 2.44. The Labute approximate surface area is 81.8 Å². The lowest BCUT2D eigenvalue weighted by atomic mass is 9.84. The standard InChI is InChI=1S/C9H18O3S/c1-7(13(11)12)9(10)8-5-3-2-4-6-8/h7-10H,2-6H2,1H3,(H,11,12)/t7-,9-/m1/s1. The van der Waals surface area contributed by atoms with Gasteiger partial charge in [0, 0.05) is 0 Å². The third kappa shape index (κ3) is 3.04. The molecule has 0 amide bonds. The number of aliphatic hydroxyl groups excluding tert-OH is 1. The second kappa shape index (κ2) is 5.08. The van der Waals surface area contributed by atoms with Crippen LogP contribution in [0.25, 0.3) is 0 Å². The summed E-state index contributed by atoms with van der Waals surface area (Å²) in [6, 6.07) is 0. The van der Waals surface area contributed by atoms with Crippen LogP contribution in [0.4, 0.5) is 0 Å². The van der Waals surface area contributed by atoms with E-state index in [9.17, 15) is 9.32 Å². The van der Waals surface area contributed by atoms with Crippen molar-refractivity contribution in [2.75, 3.05) is 0 Å². The molecule has 3 nitrogen and oxygen atoms in total. The first-order valence-electron chi connectivity index (χ1n) is 4.90. The number of aliphatic hydroxyl groups is 1. The normalized spacial score (nSPS) is 26.7. The Morgan fingerprint density at radius 2 is 1.85 bits per heavy atom. The van der Waals surface area contributed by atoms with Gasteiger partial charge in [0.25, 0.3) is 0 Å². The zero-order chi connectivity index (χ0) is 9.84. The number of rotatable bonds is 3. The zero-order valence-corrected chi connectivity index (χ0v) is 8.80. The quantitative estimate of drug-likeness (QED) is 0.689. The first kappa shape index (κ1) is 11.1.